The molecule has 0 aliphatic rings. The number of nitrogens with zero attached hydrogens (tertiary/aromatic N) is 3. The SMILES string of the molecule is C=NCc1ccc(-c2ccc3oc4ccc(C#N)cc4c3c2)c(-n2c3ccccc3c3ccc4c5ccccc5sc4c32)c1. The molecule has 0 amide bonds. The Balaban J connectivity index is 1.40. The second kappa shape index (κ2) is 9.40. The lowest BCUT2D eigenvalue weighted by atomic mass is 9.98. The zero-order chi connectivity index (χ0) is 29.4. The molecule has 0 N–H and O–H groups in total. The van der Waals surface area contributed by atoms with Gasteiger partial charge in [-0.05, 0) is 66.4 Å². The van der Waals surface area contributed by atoms with Crippen LogP contribution in [0.25, 0.3) is 80.7 Å². The van der Waals surface area contributed by atoms with Crippen LogP contribution in [0.1, 0.15) is 11.1 Å². The molecule has 0 atom stereocenters. The molecule has 0 aliphatic heterocycles. The average molecular weight is 582 g/mol. The number of thiophene rings is 1. The Labute approximate surface area is 256 Å². The number of rotatable bonds is 4. The van der Waals surface area contributed by atoms with Crippen molar-refractivity contribution >= 4 is 82.0 Å². The van der Waals surface area contributed by atoms with E-state index in [1.807, 2.05) is 29.5 Å². The third-order valence-corrected chi connectivity index (χ3v) is 9.88. The maximum absolute atomic E-state index is 9.55. The fourth-order valence-electron chi connectivity index (χ4n) is 6.73. The van der Waals surface area contributed by atoms with E-state index in [4.69, 9.17) is 4.42 Å². The molecule has 3 aromatic heterocycles. The molecular formula is C39H23N3OS. The number of nitriles is 1. The van der Waals surface area contributed by atoms with Gasteiger partial charge in [-0.3, -0.25) is 4.99 Å². The lowest BCUT2D eigenvalue weighted by Crippen LogP contribution is -1.99. The molecule has 3 heterocycles. The van der Waals surface area contributed by atoms with Gasteiger partial charge in [-0.25, -0.2) is 0 Å². The first kappa shape index (κ1) is 24.9. The van der Waals surface area contributed by atoms with Crippen molar-refractivity contribution in [2.24, 2.45) is 4.99 Å². The van der Waals surface area contributed by atoms with Crippen LogP contribution >= 0.6 is 11.3 Å². The standard InChI is InChI=1S/C39H23N3OS/c1-41-22-24-10-13-26(25-12-17-36-32(20-25)31-18-23(21-40)11-16-35(31)43-36)34(19-24)42-33-8-4-2-6-27(33)29-14-15-30-28-7-3-5-9-37(28)44-39(30)38(29)42/h2-20H,1,22H2. The van der Waals surface area contributed by atoms with E-state index in [1.54, 1.807) is 6.07 Å². The van der Waals surface area contributed by atoms with Gasteiger partial charge in [-0.15, -0.1) is 11.3 Å². The first-order valence-electron chi connectivity index (χ1n) is 14.5. The molecule has 9 rings (SSSR count). The molecule has 206 valence electrons. The Morgan fingerprint density at radius 2 is 1.50 bits per heavy atom. The van der Waals surface area contributed by atoms with Crippen LogP contribution in [0.5, 0.6) is 0 Å². The topological polar surface area (TPSA) is 54.2 Å². The highest BCUT2D eigenvalue weighted by Crippen LogP contribution is 2.44. The van der Waals surface area contributed by atoms with Crippen LogP contribution in [0.15, 0.2) is 125 Å². The van der Waals surface area contributed by atoms with E-state index in [2.05, 4.69) is 113 Å². The molecule has 0 unspecified atom stereocenters. The van der Waals surface area contributed by atoms with Gasteiger partial charge < -0.3 is 8.98 Å². The van der Waals surface area contributed by atoms with Crippen LogP contribution in [0.3, 0.4) is 0 Å². The quantitative estimate of drug-likeness (QED) is 0.194. The van der Waals surface area contributed by atoms with Gasteiger partial charge in [0, 0.05) is 42.6 Å². The second-order valence-electron chi connectivity index (χ2n) is 11.2. The summed E-state index contributed by atoms with van der Waals surface area (Å²) in [7, 11) is 0. The van der Waals surface area contributed by atoms with Crippen molar-refractivity contribution < 1.29 is 4.42 Å². The lowest BCUT2D eigenvalue weighted by molar-refractivity contribution is 0.669. The van der Waals surface area contributed by atoms with Gasteiger partial charge in [0.1, 0.15) is 11.2 Å². The van der Waals surface area contributed by atoms with Crippen molar-refractivity contribution in [2.45, 2.75) is 6.54 Å². The zero-order valence-corrected chi connectivity index (χ0v) is 24.4. The van der Waals surface area contributed by atoms with E-state index in [0.29, 0.717) is 12.1 Å². The van der Waals surface area contributed by atoms with Crippen molar-refractivity contribution in [1.82, 2.24) is 4.57 Å². The monoisotopic (exact) mass is 581 g/mol. The van der Waals surface area contributed by atoms with Crippen LogP contribution in [0, 0.1) is 11.3 Å². The van der Waals surface area contributed by atoms with Gasteiger partial charge in [-0.2, -0.15) is 5.26 Å². The van der Waals surface area contributed by atoms with Crippen LogP contribution in [0.2, 0.25) is 0 Å². The van der Waals surface area contributed by atoms with Crippen LogP contribution in [-0.4, -0.2) is 11.3 Å². The largest absolute Gasteiger partial charge is 0.456 e. The van der Waals surface area contributed by atoms with Gasteiger partial charge in [0.25, 0.3) is 0 Å². The summed E-state index contributed by atoms with van der Waals surface area (Å²) in [6.45, 7) is 4.31. The fraction of sp³-hybridized carbons (Fsp3) is 0.0256. The van der Waals surface area contributed by atoms with E-state index in [1.165, 1.54) is 36.5 Å². The van der Waals surface area contributed by atoms with Crippen LogP contribution in [0.4, 0.5) is 0 Å². The van der Waals surface area contributed by atoms with E-state index >= 15 is 0 Å². The number of aliphatic imine (C=N–C) groups is 1. The Bertz CT molecular complexity index is 2680. The molecular weight excluding hydrogens is 559 g/mol. The Kier molecular flexibility index (Phi) is 5.31. The predicted molar refractivity (Wildman–Crippen MR) is 184 cm³/mol. The predicted octanol–water partition coefficient (Wildman–Crippen LogP) is 10.8. The minimum atomic E-state index is 0.533. The van der Waals surface area contributed by atoms with E-state index < -0.39 is 0 Å². The summed E-state index contributed by atoms with van der Waals surface area (Å²) in [4.78, 5) is 4.22. The Morgan fingerprint density at radius 1 is 0.727 bits per heavy atom. The highest BCUT2D eigenvalue weighted by Gasteiger charge is 2.20. The summed E-state index contributed by atoms with van der Waals surface area (Å²) in [6.07, 6.45) is 0. The highest BCUT2D eigenvalue weighted by molar-refractivity contribution is 7.26. The maximum atomic E-state index is 9.55. The first-order chi connectivity index (χ1) is 21.7. The zero-order valence-electron chi connectivity index (χ0n) is 23.5. The molecule has 0 saturated carbocycles. The molecule has 9 aromatic rings. The Hall–Kier alpha value is -5.70. The van der Waals surface area contributed by atoms with Crippen LogP contribution < -0.4 is 0 Å². The van der Waals surface area contributed by atoms with Crippen molar-refractivity contribution in [1.29, 1.82) is 5.26 Å². The lowest BCUT2D eigenvalue weighted by Gasteiger charge is -2.16. The molecule has 0 saturated heterocycles. The van der Waals surface area contributed by atoms with Crippen molar-refractivity contribution in [3.63, 3.8) is 0 Å². The van der Waals surface area contributed by atoms with E-state index in [-0.39, 0.29) is 0 Å². The molecule has 0 fully saturated rings. The van der Waals surface area contributed by atoms with E-state index in [0.717, 1.165) is 49.8 Å². The minimum Gasteiger partial charge on any atom is -0.456 e. The van der Waals surface area contributed by atoms with E-state index in [9.17, 15) is 5.26 Å². The summed E-state index contributed by atoms with van der Waals surface area (Å²) >= 11 is 1.85. The molecule has 5 heteroatoms. The molecule has 0 bridgehead atoms. The van der Waals surface area contributed by atoms with Crippen molar-refractivity contribution in [3.8, 4) is 22.9 Å². The summed E-state index contributed by atoms with van der Waals surface area (Å²) in [5, 5.41) is 16.5. The van der Waals surface area contributed by atoms with Gasteiger partial charge >= 0.3 is 0 Å². The first-order valence-corrected chi connectivity index (χ1v) is 15.3. The number of furan rings is 1. The summed E-state index contributed by atoms with van der Waals surface area (Å²) in [5.41, 5.74) is 8.93. The Morgan fingerprint density at radius 3 is 2.36 bits per heavy atom. The molecule has 0 aliphatic carbocycles. The highest BCUT2D eigenvalue weighted by atomic mass is 32.1. The second-order valence-corrected chi connectivity index (χ2v) is 12.2. The maximum Gasteiger partial charge on any atom is 0.135 e. The molecule has 6 aromatic carbocycles. The number of para-hydroxylation sites is 1. The number of aromatic nitrogens is 1. The number of hydrogen-bond donors (Lipinski definition) is 0. The molecule has 44 heavy (non-hydrogen) atoms. The molecule has 0 radical (unpaired) electrons. The van der Waals surface area contributed by atoms with Crippen molar-refractivity contribution in [3.05, 3.63) is 126 Å². The molecule has 4 nitrogen and oxygen atoms in total. The third kappa shape index (κ3) is 3.52. The summed E-state index contributed by atoms with van der Waals surface area (Å²) in [6, 6.07) is 42.7. The number of benzene rings is 6. The van der Waals surface area contributed by atoms with Gasteiger partial charge in [0.05, 0.1) is 39.6 Å². The molecule has 0 spiro atoms. The van der Waals surface area contributed by atoms with Gasteiger partial charge in [0.15, 0.2) is 0 Å². The number of hydrogen-bond acceptors (Lipinski definition) is 4. The third-order valence-electron chi connectivity index (χ3n) is 8.69. The smallest absolute Gasteiger partial charge is 0.135 e. The van der Waals surface area contributed by atoms with Crippen LogP contribution in [-0.2, 0) is 6.54 Å². The minimum absolute atomic E-state index is 0.533. The fourth-order valence-corrected chi connectivity index (χ4v) is 7.97. The normalized spacial score (nSPS) is 11.8. The average Bonchev–Trinajstić information content (AvgIpc) is 3.73. The summed E-state index contributed by atoms with van der Waals surface area (Å²) in [5.74, 6) is 0. The number of fused-ring (bicyclic) bond motifs is 10. The van der Waals surface area contributed by atoms with Gasteiger partial charge in [0.2, 0.25) is 0 Å². The summed E-state index contributed by atoms with van der Waals surface area (Å²) < 4.78 is 11.2. The van der Waals surface area contributed by atoms with Crippen molar-refractivity contribution in [2.75, 3.05) is 0 Å². The van der Waals surface area contributed by atoms with Gasteiger partial charge in [-0.1, -0.05) is 66.7 Å².